The van der Waals surface area contributed by atoms with E-state index in [4.69, 9.17) is 5.11 Å². The van der Waals surface area contributed by atoms with Crippen molar-refractivity contribution in [1.82, 2.24) is 0 Å². The second kappa shape index (κ2) is 50.4. The van der Waals surface area contributed by atoms with Crippen LogP contribution in [0.15, 0.2) is 24.3 Å². The Hall–Kier alpha value is -1.58. The number of carboxylic acids is 1. The van der Waals surface area contributed by atoms with E-state index in [-0.39, 0.29) is 5.97 Å². The molecule has 314 valence electrons. The van der Waals surface area contributed by atoms with Gasteiger partial charge in [0.15, 0.2) is 0 Å². The second-order valence-electron chi connectivity index (χ2n) is 15.9. The largest absolute Gasteiger partial charge is 0.481 e. The number of methoxy groups -OCH3 is 1. The lowest BCUT2D eigenvalue weighted by atomic mass is 10.0. The molecule has 0 atom stereocenters. The molecule has 0 bridgehead atoms. The van der Waals surface area contributed by atoms with E-state index in [0.29, 0.717) is 12.8 Å². The zero-order chi connectivity index (χ0) is 39.0. The van der Waals surface area contributed by atoms with E-state index in [9.17, 15) is 9.59 Å². The first-order valence-electron chi connectivity index (χ1n) is 23.7. The van der Waals surface area contributed by atoms with Crippen LogP contribution in [0.4, 0.5) is 0 Å². The van der Waals surface area contributed by atoms with E-state index in [2.05, 4.69) is 42.9 Å². The van der Waals surface area contributed by atoms with Gasteiger partial charge < -0.3 is 9.84 Å². The van der Waals surface area contributed by atoms with Gasteiger partial charge in [-0.2, -0.15) is 0 Å². The molecule has 4 heteroatoms. The Bertz CT molecular complexity index is 758. The minimum absolute atomic E-state index is 0.0664. The van der Waals surface area contributed by atoms with Crippen molar-refractivity contribution in [3.8, 4) is 0 Å². The molecule has 0 amide bonds. The molecule has 0 aromatic rings. The summed E-state index contributed by atoms with van der Waals surface area (Å²) >= 11 is 0. The fourth-order valence-electron chi connectivity index (χ4n) is 6.91. The van der Waals surface area contributed by atoms with Crippen molar-refractivity contribution < 1.29 is 19.4 Å². The fraction of sp³-hybridized carbons (Fsp3) is 0.878. The molecule has 0 heterocycles. The van der Waals surface area contributed by atoms with Crippen LogP contribution in [0.25, 0.3) is 0 Å². The average molecular weight is 747 g/mol. The number of rotatable bonds is 42. The van der Waals surface area contributed by atoms with Crippen molar-refractivity contribution in [2.75, 3.05) is 7.11 Å². The van der Waals surface area contributed by atoms with Crippen LogP contribution in [0.1, 0.15) is 271 Å². The number of aliphatic carboxylic acids is 1. The third-order valence-corrected chi connectivity index (χ3v) is 10.5. The number of ether oxygens (including phenoxy) is 1. The van der Waals surface area contributed by atoms with Crippen molar-refractivity contribution >= 4 is 11.9 Å². The van der Waals surface area contributed by atoms with Gasteiger partial charge in [0.1, 0.15) is 0 Å². The fourth-order valence-corrected chi connectivity index (χ4v) is 6.91. The van der Waals surface area contributed by atoms with Gasteiger partial charge in [-0.15, -0.1) is 0 Å². The molecule has 0 saturated carbocycles. The summed E-state index contributed by atoms with van der Waals surface area (Å²) in [6, 6.07) is 0. The maximum Gasteiger partial charge on any atom is 0.305 e. The molecule has 0 rings (SSSR count). The van der Waals surface area contributed by atoms with Crippen LogP contribution in [0.3, 0.4) is 0 Å². The molecule has 0 aliphatic heterocycles. The minimum Gasteiger partial charge on any atom is -0.481 e. The normalized spacial score (nSPS) is 11.4. The molecule has 0 aromatic carbocycles. The zero-order valence-corrected chi connectivity index (χ0v) is 36.3. The number of hydrogen-bond donors (Lipinski definition) is 1. The predicted octanol–water partition coefficient (Wildman–Crippen LogP) is 17.0. The Morgan fingerprint density at radius 3 is 0.830 bits per heavy atom. The van der Waals surface area contributed by atoms with E-state index in [1.165, 1.54) is 232 Å². The van der Waals surface area contributed by atoms with Gasteiger partial charge in [-0.1, -0.05) is 218 Å². The van der Waals surface area contributed by atoms with Crippen LogP contribution in [-0.4, -0.2) is 24.2 Å². The number of allylic oxidation sites excluding steroid dienone is 4. The van der Waals surface area contributed by atoms with Crippen LogP contribution >= 0.6 is 0 Å². The first-order chi connectivity index (χ1) is 26.1. The van der Waals surface area contributed by atoms with Crippen LogP contribution in [0.5, 0.6) is 0 Å². The molecular weight excluding hydrogens is 653 g/mol. The molecule has 0 fully saturated rings. The van der Waals surface area contributed by atoms with Gasteiger partial charge in [0.2, 0.25) is 0 Å². The highest BCUT2D eigenvalue weighted by Gasteiger charge is 2.00. The number of carboxylic acid groups (broad SMARTS) is 1. The molecule has 4 nitrogen and oxygen atoms in total. The van der Waals surface area contributed by atoms with Crippen molar-refractivity contribution in [3.05, 3.63) is 24.3 Å². The third kappa shape index (κ3) is 54.9. The number of carbonyl (C=O) groups is 2. The van der Waals surface area contributed by atoms with E-state index < -0.39 is 5.97 Å². The van der Waals surface area contributed by atoms with Gasteiger partial charge in [0, 0.05) is 12.8 Å². The third-order valence-electron chi connectivity index (χ3n) is 10.5. The summed E-state index contributed by atoms with van der Waals surface area (Å²) in [5, 5.41) is 8.57. The molecule has 0 unspecified atom stereocenters. The van der Waals surface area contributed by atoms with E-state index >= 15 is 0 Å². The monoisotopic (exact) mass is 747 g/mol. The molecule has 0 aromatic heterocycles. The summed E-state index contributed by atoms with van der Waals surface area (Å²) in [4.78, 5) is 21.4. The van der Waals surface area contributed by atoms with Crippen LogP contribution in [-0.2, 0) is 14.3 Å². The van der Waals surface area contributed by atoms with Crippen molar-refractivity contribution in [2.24, 2.45) is 0 Å². The maximum atomic E-state index is 11.0. The molecule has 0 radical (unpaired) electrons. The quantitative estimate of drug-likeness (QED) is 0.0384. The first-order valence-corrected chi connectivity index (χ1v) is 23.7. The zero-order valence-electron chi connectivity index (χ0n) is 36.3. The highest BCUT2D eigenvalue weighted by Crippen LogP contribution is 2.15. The molecule has 0 spiro atoms. The number of hydrogen-bond acceptors (Lipinski definition) is 3. The summed E-state index contributed by atoms with van der Waals surface area (Å²) in [7, 11) is 1.47. The summed E-state index contributed by atoms with van der Waals surface area (Å²) < 4.78 is 4.65. The summed E-state index contributed by atoms with van der Waals surface area (Å²) in [6.45, 7) is 4.56. The van der Waals surface area contributed by atoms with Crippen molar-refractivity contribution in [1.29, 1.82) is 0 Å². The van der Waals surface area contributed by atoms with Gasteiger partial charge in [0.25, 0.3) is 0 Å². The summed E-state index contributed by atoms with van der Waals surface area (Å²) in [6.07, 6.45) is 60.9. The average Bonchev–Trinajstić information content (AvgIpc) is 3.16. The minimum atomic E-state index is -0.654. The number of esters is 1. The molecule has 0 aliphatic rings. The Balaban J connectivity index is 0. The van der Waals surface area contributed by atoms with E-state index in [0.717, 1.165) is 19.3 Å². The van der Waals surface area contributed by atoms with E-state index in [1.54, 1.807) is 0 Å². The second-order valence-corrected chi connectivity index (χ2v) is 15.9. The highest BCUT2D eigenvalue weighted by molar-refractivity contribution is 5.69. The van der Waals surface area contributed by atoms with E-state index in [1.807, 2.05) is 0 Å². The van der Waals surface area contributed by atoms with Crippen LogP contribution in [0, 0.1) is 0 Å². The van der Waals surface area contributed by atoms with Gasteiger partial charge in [0.05, 0.1) is 7.11 Å². The van der Waals surface area contributed by atoms with Crippen LogP contribution < -0.4 is 0 Å². The van der Waals surface area contributed by atoms with Gasteiger partial charge in [-0.3, -0.25) is 9.59 Å². The molecule has 1 N–H and O–H groups in total. The van der Waals surface area contributed by atoms with Crippen molar-refractivity contribution in [2.45, 2.75) is 271 Å². The first kappa shape index (κ1) is 53.5. The number of carbonyl (C=O) groups excluding carboxylic acids is 1. The predicted molar refractivity (Wildman–Crippen MR) is 234 cm³/mol. The van der Waals surface area contributed by atoms with Crippen molar-refractivity contribution in [3.63, 3.8) is 0 Å². The topological polar surface area (TPSA) is 63.6 Å². The Kier molecular flexibility index (Phi) is 50.9. The lowest BCUT2D eigenvalue weighted by Crippen LogP contribution is -1.99. The smallest absolute Gasteiger partial charge is 0.305 e. The standard InChI is InChI=1S/C25H48O2.C24H46O2/c1-3-4-5-6-7-8-9-10-11-12-13-14-15-16-17-18-19-20-21-22-23-24-25(26)27-2;1-2-3-4-5-6-7-8-9-10-11-12-13-14-15-16-17-18-19-20-21-22-23-24(25)26/h10-11H,3-9,12-24H2,1-2H3;9-10H,2-8,11-23H2,1H3,(H,25,26)/b11-10-;10-9-. The lowest BCUT2D eigenvalue weighted by molar-refractivity contribution is -0.141. The molecule has 0 aliphatic carbocycles. The molecule has 0 saturated heterocycles. The highest BCUT2D eigenvalue weighted by atomic mass is 16.5. The summed E-state index contributed by atoms with van der Waals surface area (Å²) in [5.74, 6) is -0.721. The lowest BCUT2D eigenvalue weighted by Gasteiger charge is -2.02. The summed E-state index contributed by atoms with van der Waals surface area (Å²) in [5.41, 5.74) is 0. The van der Waals surface area contributed by atoms with Gasteiger partial charge >= 0.3 is 11.9 Å². The number of unbranched alkanes of at least 4 members (excludes halogenated alkanes) is 34. The maximum absolute atomic E-state index is 11.0. The SMILES string of the molecule is CCCCCCCC/C=C\CCCCCCCCCCCCCC(=O)O.CCCCCCCC/C=C\CCCCCCCCCCCCCC(=O)OC. The molecule has 53 heavy (non-hydrogen) atoms. The molecular formula is C49H94O4. The Labute approximate surface area is 332 Å². The van der Waals surface area contributed by atoms with Crippen LogP contribution in [0.2, 0.25) is 0 Å². The Morgan fingerprint density at radius 1 is 0.358 bits per heavy atom. The van der Waals surface area contributed by atoms with Gasteiger partial charge in [-0.05, 0) is 64.2 Å². The van der Waals surface area contributed by atoms with Gasteiger partial charge in [-0.25, -0.2) is 0 Å². The Morgan fingerprint density at radius 2 is 0.585 bits per heavy atom.